The molecule has 0 aliphatic carbocycles. The van der Waals surface area contributed by atoms with Crippen LogP contribution in [0.3, 0.4) is 0 Å². The number of H-pyrrole nitrogens is 1. The Balaban J connectivity index is 1.82. The van der Waals surface area contributed by atoms with Crippen LogP contribution in [0.15, 0.2) is 54.1 Å². The molecule has 0 bridgehead atoms. The van der Waals surface area contributed by atoms with Crippen LogP contribution in [0.25, 0.3) is 17.0 Å². The summed E-state index contributed by atoms with van der Waals surface area (Å²) in [6.45, 7) is 6.85. The molecule has 0 spiro atoms. The molecular formula is C24H24N2O2. The smallest absolute Gasteiger partial charge is 0.205 e. The lowest BCUT2D eigenvalue weighted by atomic mass is 9.99. The summed E-state index contributed by atoms with van der Waals surface area (Å²) in [4.78, 5) is 16.2. The van der Waals surface area contributed by atoms with Crippen molar-refractivity contribution < 1.29 is 9.53 Å². The topological polar surface area (TPSA) is 65.9 Å². The lowest BCUT2D eigenvalue weighted by Gasteiger charge is -2.08. The minimum absolute atomic E-state index is 0.112. The van der Waals surface area contributed by atoms with Crippen LogP contribution in [-0.2, 0) is 0 Å². The lowest BCUT2D eigenvalue weighted by Crippen LogP contribution is -2.03. The van der Waals surface area contributed by atoms with E-state index in [1.54, 1.807) is 6.08 Å². The van der Waals surface area contributed by atoms with Gasteiger partial charge in [0.1, 0.15) is 17.4 Å². The number of rotatable bonds is 7. The van der Waals surface area contributed by atoms with Crippen LogP contribution in [-0.4, -0.2) is 17.4 Å². The average molecular weight is 372 g/mol. The molecule has 0 fully saturated rings. The largest absolute Gasteiger partial charge is 0.494 e. The molecule has 1 aromatic heterocycles. The Kier molecular flexibility index (Phi) is 5.96. The van der Waals surface area contributed by atoms with Crippen molar-refractivity contribution in [2.45, 2.75) is 27.2 Å². The molecule has 0 radical (unpaired) electrons. The highest BCUT2D eigenvalue weighted by molar-refractivity contribution is 6.20. The van der Waals surface area contributed by atoms with Crippen LogP contribution in [0, 0.1) is 24.2 Å². The van der Waals surface area contributed by atoms with Crippen LogP contribution < -0.4 is 4.74 Å². The standard InChI is InChI=1S/C24H24N2O2/c1-16(2)12-13-28-20-10-8-18(9-11-20)14-19(15-25)24(27)23-17(3)26-22-7-5-4-6-21(22)23/h4-11,14,16,26H,12-13H2,1-3H3/b19-14+. The van der Waals surface area contributed by atoms with E-state index in [2.05, 4.69) is 24.9 Å². The van der Waals surface area contributed by atoms with E-state index in [1.165, 1.54) is 0 Å². The SMILES string of the molecule is Cc1[nH]c2ccccc2c1C(=O)/C(C#N)=C/c1ccc(OCCC(C)C)cc1. The fourth-order valence-electron chi connectivity index (χ4n) is 3.09. The predicted octanol–water partition coefficient (Wildman–Crippen LogP) is 5.69. The van der Waals surface area contributed by atoms with Crippen LogP contribution >= 0.6 is 0 Å². The van der Waals surface area contributed by atoms with E-state index in [9.17, 15) is 10.1 Å². The van der Waals surface area contributed by atoms with Crippen molar-refractivity contribution in [2.75, 3.05) is 6.61 Å². The Bertz CT molecular complexity index is 1050. The molecular weight excluding hydrogens is 348 g/mol. The number of carbonyl (C=O) groups excluding carboxylic acids is 1. The summed E-state index contributed by atoms with van der Waals surface area (Å²) >= 11 is 0. The van der Waals surface area contributed by atoms with Crippen molar-refractivity contribution in [2.24, 2.45) is 5.92 Å². The first kappa shape index (κ1) is 19.4. The van der Waals surface area contributed by atoms with Gasteiger partial charge in [-0.3, -0.25) is 4.79 Å². The highest BCUT2D eigenvalue weighted by Crippen LogP contribution is 2.25. The highest BCUT2D eigenvalue weighted by Gasteiger charge is 2.19. The number of carbonyl (C=O) groups is 1. The van der Waals surface area contributed by atoms with Gasteiger partial charge in [0.05, 0.1) is 12.2 Å². The number of allylic oxidation sites excluding steroid dienone is 1. The van der Waals surface area contributed by atoms with Crippen molar-refractivity contribution in [3.8, 4) is 11.8 Å². The molecule has 0 aliphatic heterocycles. The monoisotopic (exact) mass is 372 g/mol. The molecule has 28 heavy (non-hydrogen) atoms. The lowest BCUT2D eigenvalue weighted by molar-refractivity contribution is 0.104. The Labute approximate surface area is 165 Å². The molecule has 0 aliphatic rings. The molecule has 1 N–H and O–H groups in total. The predicted molar refractivity (Wildman–Crippen MR) is 112 cm³/mol. The summed E-state index contributed by atoms with van der Waals surface area (Å²) in [7, 11) is 0. The Morgan fingerprint density at radius 2 is 1.89 bits per heavy atom. The van der Waals surface area contributed by atoms with Gasteiger partial charge in [-0.05, 0) is 49.1 Å². The Morgan fingerprint density at radius 3 is 2.57 bits per heavy atom. The molecule has 3 rings (SSSR count). The fourth-order valence-corrected chi connectivity index (χ4v) is 3.09. The number of ether oxygens (including phenoxy) is 1. The zero-order chi connectivity index (χ0) is 20.1. The molecule has 0 unspecified atom stereocenters. The number of hydrogen-bond acceptors (Lipinski definition) is 3. The number of aryl methyl sites for hydroxylation is 1. The van der Waals surface area contributed by atoms with Gasteiger partial charge in [-0.15, -0.1) is 0 Å². The van der Waals surface area contributed by atoms with Gasteiger partial charge in [-0.1, -0.05) is 44.2 Å². The normalized spacial score (nSPS) is 11.6. The van der Waals surface area contributed by atoms with Crippen molar-refractivity contribution in [3.05, 3.63) is 70.9 Å². The summed E-state index contributed by atoms with van der Waals surface area (Å²) in [5.41, 5.74) is 3.11. The number of fused-ring (bicyclic) bond motifs is 1. The molecule has 1 heterocycles. The van der Waals surface area contributed by atoms with Crippen LogP contribution in [0.5, 0.6) is 5.75 Å². The molecule has 0 atom stereocenters. The highest BCUT2D eigenvalue weighted by atomic mass is 16.5. The number of nitriles is 1. The molecule has 3 aromatic rings. The summed E-state index contributed by atoms with van der Waals surface area (Å²) in [6, 6.07) is 17.1. The molecule has 0 saturated heterocycles. The number of nitrogens with one attached hydrogen (secondary N) is 1. The van der Waals surface area contributed by atoms with E-state index < -0.39 is 0 Å². The third kappa shape index (κ3) is 4.32. The second-order valence-corrected chi connectivity index (χ2v) is 7.27. The van der Waals surface area contributed by atoms with Gasteiger partial charge in [0.2, 0.25) is 5.78 Å². The molecule has 4 nitrogen and oxygen atoms in total. The fraction of sp³-hybridized carbons (Fsp3) is 0.250. The number of para-hydroxylation sites is 1. The zero-order valence-corrected chi connectivity index (χ0v) is 16.5. The third-order valence-corrected chi connectivity index (χ3v) is 4.64. The van der Waals surface area contributed by atoms with Crippen molar-refractivity contribution in [1.82, 2.24) is 4.98 Å². The minimum Gasteiger partial charge on any atom is -0.494 e. The summed E-state index contributed by atoms with van der Waals surface area (Å²) in [5.74, 6) is 1.11. The van der Waals surface area contributed by atoms with Crippen molar-refractivity contribution in [1.29, 1.82) is 5.26 Å². The van der Waals surface area contributed by atoms with E-state index in [0.29, 0.717) is 18.1 Å². The average Bonchev–Trinajstić information content (AvgIpc) is 3.02. The number of aromatic amines is 1. The Morgan fingerprint density at radius 1 is 1.18 bits per heavy atom. The molecule has 4 heteroatoms. The first-order chi connectivity index (χ1) is 13.5. The molecule has 0 amide bonds. The quantitative estimate of drug-likeness (QED) is 0.329. The second-order valence-electron chi connectivity index (χ2n) is 7.27. The van der Waals surface area contributed by atoms with E-state index in [1.807, 2.05) is 55.5 Å². The summed E-state index contributed by atoms with van der Waals surface area (Å²) in [5, 5.41) is 10.4. The number of benzene rings is 2. The van der Waals surface area contributed by atoms with E-state index in [0.717, 1.165) is 34.3 Å². The first-order valence-electron chi connectivity index (χ1n) is 9.46. The number of Topliss-reactive ketones (excluding diaryl/α,β-unsaturated/α-hetero) is 1. The number of ketones is 1. The minimum atomic E-state index is -0.269. The van der Waals surface area contributed by atoms with Gasteiger partial charge in [0.15, 0.2) is 0 Å². The van der Waals surface area contributed by atoms with Crippen LogP contribution in [0.4, 0.5) is 0 Å². The van der Waals surface area contributed by atoms with Crippen LogP contribution in [0.1, 0.15) is 41.9 Å². The van der Waals surface area contributed by atoms with Gasteiger partial charge in [-0.2, -0.15) is 5.26 Å². The van der Waals surface area contributed by atoms with Crippen LogP contribution in [0.2, 0.25) is 0 Å². The van der Waals surface area contributed by atoms with Crippen molar-refractivity contribution >= 4 is 22.8 Å². The number of nitrogens with zero attached hydrogens (tertiary/aromatic N) is 1. The van der Waals surface area contributed by atoms with Gasteiger partial charge in [0, 0.05) is 16.6 Å². The van der Waals surface area contributed by atoms with Gasteiger partial charge < -0.3 is 9.72 Å². The van der Waals surface area contributed by atoms with E-state index in [-0.39, 0.29) is 11.4 Å². The van der Waals surface area contributed by atoms with Gasteiger partial charge >= 0.3 is 0 Å². The zero-order valence-electron chi connectivity index (χ0n) is 16.5. The molecule has 2 aromatic carbocycles. The number of hydrogen-bond donors (Lipinski definition) is 1. The van der Waals surface area contributed by atoms with Gasteiger partial charge in [0.25, 0.3) is 0 Å². The number of aromatic nitrogens is 1. The first-order valence-corrected chi connectivity index (χ1v) is 9.46. The second kappa shape index (κ2) is 8.58. The third-order valence-electron chi connectivity index (χ3n) is 4.64. The van der Waals surface area contributed by atoms with Crippen molar-refractivity contribution in [3.63, 3.8) is 0 Å². The maximum Gasteiger partial charge on any atom is 0.205 e. The maximum absolute atomic E-state index is 13.0. The molecule has 142 valence electrons. The van der Waals surface area contributed by atoms with Gasteiger partial charge in [-0.25, -0.2) is 0 Å². The van der Waals surface area contributed by atoms with E-state index >= 15 is 0 Å². The summed E-state index contributed by atoms with van der Waals surface area (Å²) in [6.07, 6.45) is 2.63. The maximum atomic E-state index is 13.0. The molecule has 0 saturated carbocycles. The summed E-state index contributed by atoms with van der Waals surface area (Å²) < 4.78 is 5.72. The van der Waals surface area contributed by atoms with E-state index in [4.69, 9.17) is 4.74 Å². The Hall–Kier alpha value is -3.32.